The molecule has 0 saturated carbocycles. The van der Waals surface area contributed by atoms with Crippen molar-refractivity contribution in [2.24, 2.45) is 0 Å². The molecule has 0 fully saturated rings. The lowest BCUT2D eigenvalue weighted by Crippen LogP contribution is -2.26. The largest absolute Gasteiger partial charge is 0.309 e. The van der Waals surface area contributed by atoms with Crippen LogP contribution in [-0.2, 0) is 5.41 Å². The lowest BCUT2D eigenvalue weighted by Gasteiger charge is -2.32. The van der Waals surface area contributed by atoms with Gasteiger partial charge in [0.15, 0.2) is 0 Å². The number of hydrogen-bond acceptors (Lipinski definition) is 2. The number of fused-ring (bicyclic) bond motifs is 15. The molecule has 0 unspecified atom stereocenters. The Morgan fingerprint density at radius 3 is 1.62 bits per heavy atom. The van der Waals surface area contributed by atoms with E-state index in [1.54, 1.807) is 0 Å². The molecule has 0 atom stereocenters. The Kier molecular flexibility index (Phi) is 7.46. The molecule has 1 aromatic heterocycles. The molecule has 1 heterocycles. The Hall–Kier alpha value is -7.52. The van der Waals surface area contributed by atoms with Gasteiger partial charge in [-0.1, -0.05) is 194 Å². The Bertz CT molecular complexity index is 3500. The summed E-state index contributed by atoms with van der Waals surface area (Å²) < 4.78 is 2.61. The van der Waals surface area contributed by atoms with Crippen LogP contribution in [0.4, 0.5) is 17.1 Å². The fourth-order valence-electron chi connectivity index (χ4n) is 10.8. The summed E-state index contributed by atoms with van der Waals surface area (Å²) in [5.41, 5.74) is 18.4. The minimum atomic E-state index is -0.452. The van der Waals surface area contributed by atoms with Gasteiger partial charge in [-0.2, -0.15) is 0 Å². The molecule has 1 nitrogen and oxygen atoms in total. The minimum Gasteiger partial charge on any atom is -0.309 e. The van der Waals surface area contributed by atoms with Gasteiger partial charge in [-0.3, -0.25) is 0 Å². The highest BCUT2D eigenvalue weighted by atomic mass is 32.1. The molecule has 61 heavy (non-hydrogen) atoms. The van der Waals surface area contributed by atoms with Gasteiger partial charge in [-0.15, -0.1) is 11.3 Å². The summed E-state index contributed by atoms with van der Waals surface area (Å²) in [6.45, 7) is 0. The average Bonchev–Trinajstić information content (AvgIpc) is 3.97. The SMILES string of the molecule is c1ccc(-c2cccc(N(c3cccc4c3-c3ccccc3C43c4ccccc4-c4ccccc43)c3cc4c(sc5cccc(-c6ccccc6)c54)c4ccccc34)c2)cc1. The van der Waals surface area contributed by atoms with Crippen LogP contribution in [0.5, 0.6) is 0 Å². The van der Waals surface area contributed by atoms with Gasteiger partial charge in [0, 0.05) is 42.2 Å². The Morgan fingerprint density at radius 2 is 0.885 bits per heavy atom. The van der Waals surface area contributed by atoms with Crippen LogP contribution in [0.2, 0.25) is 0 Å². The molecule has 284 valence electrons. The average molecular weight is 792 g/mol. The summed E-state index contributed by atoms with van der Waals surface area (Å²) in [5.74, 6) is 0. The normalized spacial score (nSPS) is 13.0. The molecule has 13 rings (SSSR count). The summed E-state index contributed by atoms with van der Waals surface area (Å²) in [7, 11) is 0. The molecular weight excluding hydrogens is 755 g/mol. The third kappa shape index (κ3) is 4.83. The maximum Gasteiger partial charge on any atom is 0.0726 e. The molecule has 10 aromatic carbocycles. The second-order valence-electron chi connectivity index (χ2n) is 16.3. The van der Waals surface area contributed by atoms with E-state index in [-0.39, 0.29) is 0 Å². The van der Waals surface area contributed by atoms with Crippen LogP contribution in [-0.4, -0.2) is 0 Å². The van der Waals surface area contributed by atoms with Crippen LogP contribution in [0.3, 0.4) is 0 Å². The topological polar surface area (TPSA) is 3.24 Å². The zero-order chi connectivity index (χ0) is 40.1. The minimum absolute atomic E-state index is 0.452. The summed E-state index contributed by atoms with van der Waals surface area (Å²) in [4.78, 5) is 2.57. The highest BCUT2D eigenvalue weighted by Gasteiger charge is 2.52. The highest BCUT2D eigenvalue weighted by Crippen LogP contribution is 2.65. The Balaban J connectivity index is 1.16. The summed E-state index contributed by atoms with van der Waals surface area (Å²) in [5, 5.41) is 5.08. The number of benzene rings is 10. The fraction of sp³-hybridized carbons (Fsp3) is 0.0169. The Labute approximate surface area is 359 Å². The van der Waals surface area contributed by atoms with Gasteiger partial charge in [0.2, 0.25) is 0 Å². The van der Waals surface area contributed by atoms with E-state index in [0.29, 0.717) is 0 Å². The molecule has 2 heteroatoms. The van der Waals surface area contributed by atoms with Crippen molar-refractivity contribution in [3.05, 3.63) is 247 Å². The number of rotatable bonds is 5. The highest BCUT2D eigenvalue weighted by molar-refractivity contribution is 7.26. The third-order valence-corrected chi connectivity index (χ3v) is 14.5. The quantitative estimate of drug-likeness (QED) is 0.168. The van der Waals surface area contributed by atoms with E-state index in [4.69, 9.17) is 0 Å². The van der Waals surface area contributed by atoms with E-state index < -0.39 is 5.41 Å². The van der Waals surface area contributed by atoms with Crippen molar-refractivity contribution < 1.29 is 0 Å². The number of nitrogens with zero attached hydrogens (tertiary/aromatic N) is 1. The lowest BCUT2D eigenvalue weighted by molar-refractivity contribution is 0.794. The van der Waals surface area contributed by atoms with Crippen molar-refractivity contribution in [1.82, 2.24) is 0 Å². The molecule has 1 spiro atoms. The zero-order valence-corrected chi connectivity index (χ0v) is 34.0. The van der Waals surface area contributed by atoms with E-state index in [2.05, 4.69) is 229 Å². The van der Waals surface area contributed by atoms with E-state index in [1.807, 2.05) is 11.3 Å². The molecule has 0 radical (unpaired) electrons. The second-order valence-corrected chi connectivity index (χ2v) is 17.4. The predicted octanol–water partition coefficient (Wildman–Crippen LogP) is 16.4. The van der Waals surface area contributed by atoms with Crippen LogP contribution in [0, 0.1) is 0 Å². The molecule has 0 bridgehead atoms. The zero-order valence-electron chi connectivity index (χ0n) is 33.2. The van der Waals surface area contributed by atoms with Gasteiger partial charge in [0.1, 0.15) is 0 Å². The van der Waals surface area contributed by atoms with Gasteiger partial charge in [0.05, 0.1) is 16.8 Å². The fourth-order valence-corrected chi connectivity index (χ4v) is 12.1. The smallest absolute Gasteiger partial charge is 0.0726 e. The van der Waals surface area contributed by atoms with Gasteiger partial charge in [0.25, 0.3) is 0 Å². The van der Waals surface area contributed by atoms with E-state index >= 15 is 0 Å². The van der Waals surface area contributed by atoms with Crippen LogP contribution in [0.1, 0.15) is 22.3 Å². The van der Waals surface area contributed by atoms with Crippen molar-refractivity contribution in [2.45, 2.75) is 5.41 Å². The molecule has 0 N–H and O–H groups in total. The first-order chi connectivity index (χ1) is 30.3. The second kappa shape index (κ2) is 13.2. The first kappa shape index (κ1) is 34.4. The summed E-state index contributed by atoms with van der Waals surface area (Å²) in [6, 6.07) is 83.5. The van der Waals surface area contributed by atoms with Crippen molar-refractivity contribution in [3.8, 4) is 44.5 Å². The van der Waals surface area contributed by atoms with Crippen LogP contribution in [0.25, 0.3) is 75.5 Å². The van der Waals surface area contributed by atoms with E-state index in [1.165, 1.54) is 103 Å². The Morgan fingerprint density at radius 1 is 0.344 bits per heavy atom. The summed E-state index contributed by atoms with van der Waals surface area (Å²) in [6.07, 6.45) is 0. The maximum absolute atomic E-state index is 2.57. The number of hydrogen-bond donors (Lipinski definition) is 0. The molecule has 0 aliphatic heterocycles. The predicted molar refractivity (Wildman–Crippen MR) is 259 cm³/mol. The first-order valence-electron chi connectivity index (χ1n) is 21.1. The maximum atomic E-state index is 2.57. The van der Waals surface area contributed by atoms with Gasteiger partial charge in [-0.25, -0.2) is 0 Å². The molecular formula is C59H37NS. The van der Waals surface area contributed by atoms with Gasteiger partial charge in [-0.05, 0) is 91.5 Å². The van der Waals surface area contributed by atoms with Crippen LogP contribution in [0.15, 0.2) is 224 Å². The monoisotopic (exact) mass is 791 g/mol. The van der Waals surface area contributed by atoms with E-state index in [0.717, 1.165) is 11.4 Å². The number of anilines is 3. The molecule has 11 aromatic rings. The van der Waals surface area contributed by atoms with Crippen molar-refractivity contribution in [1.29, 1.82) is 0 Å². The molecule has 2 aliphatic rings. The van der Waals surface area contributed by atoms with E-state index in [9.17, 15) is 0 Å². The molecule has 0 saturated heterocycles. The van der Waals surface area contributed by atoms with Crippen molar-refractivity contribution in [2.75, 3.05) is 4.90 Å². The summed E-state index contributed by atoms with van der Waals surface area (Å²) >= 11 is 1.90. The van der Waals surface area contributed by atoms with Gasteiger partial charge >= 0.3 is 0 Å². The lowest BCUT2D eigenvalue weighted by atomic mass is 9.70. The standard InChI is InChI=1S/C59H37NS/c1-3-18-38(19-4-1)40-22-15-23-41(36-40)60(54-37-48-56-42(39-20-5-2-6-21-39)29-16-35-55(56)61-58(48)46-27-8-7-26-45(46)54)53-34-17-33-52-57(53)47-28-11-14-32-51(47)59(52)49-30-12-9-24-43(49)44-25-10-13-31-50(44)59/h1-37H. The molecule has 0 amide bonds. The van der Waals surface area contributed by atoms with Gasteiger partial charge < -0.3 is 4.90 Å². The first-order valence-corrected chi connectivity index (χ1v) is 21.9. The molecule has 2 aliphatic carbocycles. The van der Waals surface area contributed by atoms with Crippen molar-refractivity contribution >= 4 is 59.3 Å². The van der Waals surface area contributed by atoms with Crippen molar-refractivity contribution in [3.63, 3.8) is 0 Å². The van der Waals surface area contributed by atoms with Crippen LogP contribution >= 0.6 is 11.3 Å². The number of thiophene rings is 1. The third-order valence-electron chi connectivity index (χ3n) is 13.3. The van der Waals surface area contributed by atoms with Crippen LogP contribution < -0.4 is 4.90 Å².